The molecule has 1 aliphatic carbocycles. The third-order valence-corrected chi connectivity index (χ3v) is 3.47. The Hall–Kier alpha value is -0.320. The fourth-order valence-electron chi connectivity index (χ4n) is 2.20. The van der Waals surface area contributed by atoms with Crippen LogP contribution >= 0.6 is 12.4 Å². The summed E-state index contributed by atoms with van der Waals surface area (Å²) in [6.45, 7) is 6.37. The van der Waals surface area contributed by atoms with Crippen LogP contribution in [0, 0.1) is 5.41 Å². The second-order valence-electron chi connectivity index (χ2n) is 5.68. The Kier molecular flexibility index (Phi) is 8.57. The number of rotatable bonds is 6. The molecule has 0 atom stereocenters. The van der Waals surface area contributed by atoms with Gasteiger partial charge in [0.2, 0.25) is 5.91 Å². The summed E-state index contributed by atoms with van der Waals surface area (Å²) in [6.07, 6.45) is 4.62. The van der Waals surface area contributed by atoms with Crippen molar-refractivity contribution in [3.63, 3.8) is 0 Å². The van der Waals surface area contributed by atoms with Crippen molar-refractivity contribution in [3.8, 4) is 0 Å². The first-order chi connectivity index (χ1) is 8.03. The standard InChI is InChI=1S/C13H26N2O2.ClH/c1-13(2)6-4-11(5-7-13)15-12(16)10-14-8-9-17-3;/h11,14H,4-10H2,1-3H3,(H,15,16);1H. The molecule has 4 nitrogen and oxygen atoms in total. The molecule has 0 saturated heterocycles. The van der Waals surface area contributed by atoms with E-state index in [1.165, 1.54) is 12.8 Å². The predicted molar refractivity (Wildman–Crippen MR) is 76.2 cm³/mol. The van der Waals surface area contributed by atoms with E-state index in [9.17, 15) is 4.79 Å². The predicted octanol–water partition coefficient (Wildman–Crippen LogP) is 1.73. The highest BCUT2D eigenvalue weighted by atomic mass is 35.5. The van der Waals surface area contributed by atoms with Crippen LogP contribution in [0.4, 0.5) is 0 Å². The number of carbonyl (C=O) groups is 1. The van der Waals surface area contributed by atoms with Gasteiger partial charge in [0.25, 0.3) is 0 Å². The van der Waals surface area contributed by atoms with Gasteiger partial charge in [0.05, 0.1) is 13.2 Å². The van der Waals surface area contributed by atoms with Crippen molar-refractivity contribution < 1.29 is 9.53 Å². The molecule has 0 aliphatic heterocycles. The quantitative estimate of drug-likeness (QED) is 0.728. The summed E-state index contributed by atoms with van der Waals surface area (Å²) in [5.41, 5.74) is 0.456. The highest BCUT2D eigenvalue weighted by molar-refractivity contribution is 5.85. The zero-order valence-electron chi connectivity index (χ0n) is 11.8. The van der Waals surface area contributed by atoms with Crippen LogP contribution < -0.4 is 10.6 Å². The third-order valence-electron chi connectivity index (χ3n) is 3.47. The summed E-state index contributed by atoms with van der Waals surface area (Å²) in [5, 5.41) is 6.15. The molecule has 1 rings (SSSR count). The first-order valence-electron chi connectivity index (χ1n) is 6.52. The molecule has 18 heavy (non-hydrogen) atoms. The molecule has 2 N–H and O–H groups in total. The maximum absolute atomic E-state index is 11.6. The second kappa shape index (κ2) is 8.73. The van der Waals surface area contributed by atoms with Gasteiger partial charge in [-0.2, -0.15) is 0 Å². The maximum Gasteiger partial charge on any atom is 0.234 e. The van der Waals surface area contributed by atoms with Crippen molar-refractivity contribution in [2.75, 3.05) is 26.8 Å². The van der Waals surface area contributed by atoms with E-state index < -0.39 is 0 Å². The van der Waals surface area contributed by atoms with Crippen molar-refractivity contribution in [3.05, 3.63) is 0 Å². The van der Waals surface area contributed by atoms with Crippen LogP contribution in [0.15, 0.2) is 0 Å². The highest BCUT2D eigenvalue weighted by Crippen LogP contribution is 2.34. The van der Waals surface area contributed by atoms with Crippen LogP contribution in [0.2, 0.25) is 0 Å². The van der Waals surface area contributed by atoms with Gasteiger partial charge in [0.1, 0.15) is 0 Å². The molecule has 1 amide bonds. The molecule has 1 aliphatic rings. The van der Waals surface area contributed by atoms with Crippen molar-refractivity contribution in [1.82, 2.24) is 10.6 Å². The first-order valence-corrected chi connectivity index (χ1v) is 6.52. The lowest BCUT2D eigenvalue weighted by molar-refractivity contribution is -0.121. The number of methoxy groups -OCH3 is 1. The SMILES string of the molecule is COCCNCC(=O)NC1CCC(C)(C)CC1.Cl. The molecule has 0 aromatic heterocycles. The summed E-state index contributed by atoms with van der Waals surface area (Å²) in [6, 6.07) is 0.375. The molecule has 0 aromatic rings. The summed E-state index contributed by atoms with van der Waals surface area (Å²) in [4.78, 5) is 11.6. The minimum absolute atomic E-state index is 0. The minimum Gasteiger partial charge on any atom is -0.383 e. The van der Waals surface area contributed by atoms with E-state index >= 15 is 0 Å². The van der Waals surface area contributed by atoms with Gasteiger partial charge >= 0.3 is 0 Å². The Morgan fingerprint density at radius 2 is 1.94 bits per heavy atom. The van der Waals surface area contributed by atoms with Crippen molar-refractivity contribution in [2.24, 2.45) is 5.41 Å². The molecule has 1 saturated carbocycles. The van der Waals surface area contributed by atoms with Crippen LogP contribution in [0.3, 0.4) is 0 Å². The molecule has 0 aromatic carbocycles. The molecule has 108 valence electrons. The Labute approximate surface area is 117 Å². The lowest BCUT2D eigenvalue weighted by Crippen LogP contribution is -2.43. The summed E-state index contributed by atoms with van der Waals surface area (Å²) in [7, 11) is 1.66. The fraction of sp³-hybridized carbons (Fsp3) is 0.923. The molecule has 0 radical (unpaired) electrons. The highest BCUT2D eigenvalue weighted by Gasteiger charge is 2.27. The van der Waals surface area contributed by atoms with Gasteiger partial charge in [-0.3, -0.25) is 4.79 Å². The molecular formula is C13H27ClN2O2. The molecule has 1 fully saturated rings. The smallest absolute Gasteiger partial charge is 0.234 e. The Morgan fingerprint density at radius 3 is 2.50 bits per heavy atom. The molecule has 0 bridgehead atoms. The van der Waals surface area contributed by atoms with E-state index in [1.54, 1.807) is 7.11 Å². The normalized spacial score (nSPS) is 19.1. The van der Waals surface area contributed by atoms with Crippen molar-refractivity contribution in [2.45, 2.75) is 45.6 Å². The number of ether oxygens (including phenoxy) is 1. The molecule has 0 heterocycles. The third kappa shape index (κ3) is 7.19. The van der Waals surface area contributed by atoms with Crippen molar-refractivity contribution in [1.29, 1.82) is 0 Å². The molecular weight excluding hydrogens is 252 g/mol. The minimum atomic E-state index is 0. The largest absolute Gasteiger partial charge is 0.383 e. The van der Waals surface area contributed by atoms with Crippen molar-refractivity contribution >= 4 is 18.3 Å². The van der Waals surface area contributed by atoms with E-state index in [1.807, 2.05) is 0 Å². The molecule has 0 unspecified atom stereocenters. The van der Waals surface area contributed by atoms with Gasteiger partial charge in [-0.1, -0.05) is 13.8 Å². The lowest BCUT2D eigenvalue weighted by Gasteiger charge is -2.34. The Bertz CT molecular complexity index is 237. The van der Waals surface area contributed by atoms with Gasteiger partial charge in [-0.15, -0.1) is 12.4 Å². The zero-order valence-corrected chi connectivity index (χ0v) is 12.6. The van der Waals surface area contributed by atoms with Gasteiger partial charge in [0.15, 0.2) is 0 Å². The Balaban J connectivity index is 0.00000289. The van der Waals surface area contributed by atoms with E-state index in [4.69, 9.17) is 4.74 Å². The summed E-state index contributed by atoms with van der Waals surface area (Å²) < 4.78 is 4.90. The van der Waals surface area contributed by atoms with Crippen LogP contribution in [-0.2, 0) is 9.53 Å². The average molecular weight is 279 g/mol. The van der Waals surface area contributed by atoms with Crippen LogP contribution in [0.25, 0.3) is 0 Å². The van der Waals surface area contributed by atoms with Crippen LogP contribution in [0.1, 0.15) is 39.5 Å². The number of halogens is 1. The Morgan fingerprint density at radius 1 is 1.33 bits per heavy atom. The van der Waals surface area contributed by atoms with E-state index in [0.29, 0.717) is 24.6 Å². The molecule has 5 heteroatoms. The van der Waals surface area contributed by atoms with E-state index in [-0.39, 0.29) is 18.3 Å². The zero-order chi connectivity index (χ0) is 12.7. The summed E-state index contributed by atoms with van der Waals surface area (Å²) in [5.74, 6) is 0.103. The second-order valence-corrected chi connectivity index (χ2v) is 5.68. The fourth-order valence-corrected chi connectivity index (χ4v) is 2.20. The van der Waals surface area contributed by atoms with Crippen LogP contribution in [-0.4, -0.2) is 38.8 Å². The summed E-state index contributed by atoms with van der Waals surface area (Å²) >= 11 is 0. The number of amides is 1. The van der Waals surface area contributed by atoms with E-state index in [2.05, 4.69) is 24.5 Å². The van der Waals surface area contributed by atoms with Gasteiger partial charge < -0.3 is 15.4 Å². The van der Waals surface area contributed by atoms with Crippen LogP contribution in [0.5, 0.6) is 0 Å². The number of hydrogen-bond donors (Lipinski definition) is 2. The lowest BCUT2D eigenvalue weighted by atomic mass is 9.75. The number of carbonyl (C=O) groups excluding carboxylic acids is 1. The van der Waals surface area contributed by atoms with Gasteiger partial charge in [-0.05, 0) is 31.1 Å². The van der Waals surface area contributed by atoms with E-state index in [0.717, 1.165) is 19.4 Å². The average Bonchev–Trinajstić information content (AvgIpc) is 2.28. The van der Waals surface area contributed by atoms with Gasteiger partial charge in [0, 0.05) is 19.7 Å². The monoisotopic (exact) mass is 278 g/mol. The molecule has 0 spiro atoms. The number of nitrogens with one attached hydrogen (secondary N) is 2. The number of hydrogen-bond acceptors (Lipinski definition) is 3. The topological polar surface area (TPSA) is 50.4 Å². The van der Waals surface area contributed by atoms with Gasteiger partial charge in [-0.25, -0.2) is 0 Å². The first kappa shape index (κ1) is 17.7. The maximum atomic E-state index is 11.6.